The van der Waals surface area contributed by atoms with E-state index in [1.54, 1.807) is 12.1 Å². The number of imidazole rings is 1. The van der Waals surface area contributed by atoms with Crippen molar-refractivity contribution in [1.82, 2.24) is 19.9 Å². The molecule has 1 aliphatic heterocycles. The minimum atomic E-state index is -0.345. The number of pyridine rings is 1. The van der Waals surface area contributed by atoms with Crippen LogP contribution in [0.25, 0.3) is 11.2 Å². The number of fused-ring (bicyclic) bond motifs is 1. The number of aromatic nitrogens is 3. The molecule has 24 heavy (non-hydrogen) atoms. The third-order valence-electron chi connectivity index (χ3n) is 4.33. The van der Waals surface area contributed by atoms with E-state index < -0.39 is 0 Å². The van der Waals surface area contributed by atoms with Gasteiger partial charge < -0.3 is 15.2 Å². The van der Waals surface area contributed by atoms with Gasteiger partial charge in [0.2, 0.25) is 11.8 Å². The first-order chi connectivity index (χ1) is 11.5. The van der Waals surface area contributed by atoms with Gasteiger partial charge in [0.05, 0.1) is 5.52 Å². The summed E-state index contributed by atoms with van der Waals surface area (Å²) in [6.45, 7) is 2.83. The van der Waals surface area contributed by atoms with E-state index in [2.05, 4.69) is 20.3 Å². The average molecular weight is 331 g/mol. The van der Waals surface area contributed by atoms with E-state index in [9.17, 15) is 14.4 Å². The van der Waals surface area contributed by atoms with Gasteiger partial charge in [0.15, 0.2) is 5.65 Å². The molecule has 0 saturated carbocycles. The van der Waals surface area contributed by atoms with Gasteiger partial charge in [-0.25, -0.2) is 9.78 Å². The molecule has 1 aliphatic rings. The summed E-state index contributed by atoms with van der Waals surface area (Å²) in [5.41, 5.74) is 0.616. The number of nitrogens with one attached hydrogen (secondary N) is 3. The van der Waals surface area contributed by atoms with E-state index >= 15 is 0 Å². The van der Waals surface area contributed by atoms with Crippen LogP contribution in [-0.2, 0) is 9.59 Å². The van der Waals surface area contributed by atoms with Gasteiger partial charge in [-0.3, -0.25) is 14.6 Å². The zero-order valence-corrected chi connectivity index (χ0v) is 13.6. The van der Waals surface area contributed by atoms with Crippen LogP contribution in [0.5, 0.6) is 0 Å². The number of rotatable bonds is 4. The Balaban J connectivity index is 1.54. The number of piperidine rings is 1. The van der Waals surface area contributed by atoms with Crippen molar-refractivity contribution in [3.05, 3.63) is 22.6 Å². The summed E-state index contributed by atoms with van der Waals surface area (Å²) in [5, 5.41) is 2.66. The number of nitrogens with zero attached hydrogens (tertiary/aromatic N) is 2. The third kappa shape index (κ3) is 3.64. The molecule has 1 fully saturated rings. The fraction of sp³-hybridized carbons (Fsp3) is 0.500. The van der Waals surface area contributed by atoms with Crippen LogP contribution in [-0.4, -0.2) is 44.3 Å². The molecule has 3 heterocycles. The first-order valence-corrected chi connectivity index (χ1v) is 8.21. The van der Waals surface area contributed by atoms with Crippen LogP contribution in [0.4, 0.5) is 5.82 Å². The fourth-order valence-electron chi connectivity index (χ4n) is 3.02. The van der Waals surface area contributed by atoms with Crippen molar-refractivity contribution in [3.63, 3.8) is 0 Å². The molecule has 0 unspecified atom stereocenters. The van der Waals surface area contributed by atoms with E-state index in [1.165, 1.54) is 0 Å². The lowest BCUT2D eigenvalue weighted by atomic mass is 10.0. The Morgan fingerprint density at radius 2 is 2.12 bits per heavy atom. The molecule has 2 aromatic heterocycles. The van der Waals surface area contributed by atoms with E-state index in [-0.39, 0.29) is 36.4 Å². The third-order valence-corrected chi connectivity index (χ3v) is 4.33. The molecule has 0 spiro atoms. The molecule has 2 amide bonds. The van der Waals surface area contributed by atoms with E-state index in [1.807, 2.05) is 11.8 Å². The van der Waals surface area contributed by atoms with Gasteiger partial charge in [0.1, 0.15) is 5.82 Å². The van der Waals surface area contributed by atoms with Gasteiger partial charge in [-0.1, -0.05) is 0 Å². The molecule has 8 nitrogen and oxygen atoms in total. The van der Waals surface area contributed by atoms with Crippen molar-refractivity contribution < 1.29 is 9.59 Å². The molecule has 0 aliphatic carbocycles. The van der Waals surface area contributed by atoms with Crippen LogP contribution in [0.2, 0.25) is 0 Å². The van der Waals surface area contributed by atoms with E-state index in [0.717, 1.165) is 25.8 Å². The molecule has 1 saturated heterocycles. The lowest BCUT2D eigenvalue weighted by Crippen LogP contribution is -2.42. The average Bonchev–Trinajstić information content (AvgIpc) is 2.92. The van der Waals surface area contributed by atoms with Crippen LogP contribution in [0.3, 0.4) is 0 Å². The summed E-state index contributed by atoms with van der Waals surface area (Å²) < 4.78 is 0. The van der Waals surface area contributed by atoms with Gasteiger partial charge in [0.25, 0.3) is 0 Å². The molecule has 3 N–H and O–H groups in total. The highest BCUT2D eigenvalue weighted by atomic mass is 16.2. The van der Waals surface area contributed by atoms with Crippen LogP contribution >= 0.6 is 0 Å². The molecular formula is C16H21N5O3. The molecule has 0 bridgehead atoms. The van der Waals surface area contributed by atoms with Gasteiger partial charge in [-0.15, -0.1) is 0 Å². The zero-order valence-electron chi connectivity index (χ0n) is 13.6. The van der Waals surface area contributed by atoms with E-state index in [0.29, 0.717) is 17.0 Å². The number of anilines is 1. The molecular weight excluding hydrogens is 310 g/mol. The number of hydrogen-bond donors (Lipinski definition) is 3. The minimum Gasteiger partial charge on any atom is -0.340 e. The second-order valence-corrected chi connectivity index (χ2v) is 6.15. The first-order valence-electron chi connectivity index (χ1n) is 8.21. The maximum Gasteiger partial charge on any atom is 0.325 e. The highest BCUT2D eigenvalue weighted by Gasteiger charge is 2.23. The predicted octanol–water partition coefficient (Wildman–Crippen LogP) is 1.37. The maximum absolute atomic E-state index is 12.2. The summed E-state index contributed by atoms with van der Waals surface area (Å²) in [6, 6.07) is 3.53. The number of aromatic amines is 2. The van der Waals surface area contributed by atoms with Crippen molar-refractivity contribution in [1.29, 1.82) is 0 Å². The lowest BCUT2D eigenvalue weighted by Gasteiger charge is -2.33. The van der Waals surface area contributed by atoms with Crippen molar-refractivity contribution in [3.8, 4) is 0 Å². The van der Waals surface area contributed by atoms with Crippen LogP contribution in [0.15, 0.2) is 16.9 Å². The summed E-state index contributed by atoms with van der Waals surface area (Å²) in [4.78, 5) is 46.6. The standard InChI is InChI=1S/C16H21N5O3/c1-10-4-2-3-9-21(10)14(23)8-7-13(22)18-12-6-5-11-15(19-12)20-16(24)17-11/h5-6,10H,2-4,7-9H2,1H3,(H3,17,18,19,20,22,24)/t10-/m0/s1. The Labute approximate surface area is 138 Å². The highest BCUT2D eigenvalue weighted by Crippen LogP contribution is 2.18. The quantitative estimate of drug-likeness (QED) is 0.785. The topological polar surface area (TPSA) is 111 Å². The first kappa shape index (κ1) is 16.2. The van der Waals surface area contributed by atoms with Gasteiger partial charge >= 0.3 is 5.69 Å². The number of carbonyl (C=O) groups excluding carboxylic acids is 2. The zero-order chi connectivity index (χ0) is 17.1. The molecule has 1 atom stereocenters. The minimum absolute atomic E-state index is 0.0238. The number of amides is 2. The summed E-state index contributed by atoms with van der Waals surface area (Å²) in [7, 11) is 0. The Morgan fingerprint density at radius 3 is 2.92 bits per heavy atom. The summed E-state index contributed by atoms with van der Waals surface area (Å²) in [6.07, 6.45) is 3.52. The molecule has 0 aromatic carbocycles. The van der Waals surface area contributed by atoms with Gasteiger partial charge in [-0.2, -0.15) is 0 Å². The van der Waals surface area contributed by atoms with Crippen molar-refractivity contribution in [2.24, 2.45) is 0 Å². The highest BCUT2D eigenvalue weighted by molar-refractivity contribution is 5.93. The SMILES string of the molecule is C[C@H]1CCCCN1C(=O)CCC(=O)Nc1ccc2[nH]c(=O)[nH]c2n1. The van der Waals surface area contributed by atoms with Gasteiger partial charge in [-0.05, 0) is 38.3 Å². The Bertz CT molecular complexity index is 809. The van der Waals surface area contributed by atoms with Crippen molar-refractivity contribution in [2.75, 3.05) is 11.9 Å². The monoisotopic (exact) mass is 331 g/mol. The lowest BCUT2D eigenvalue weighted by molar-refractivity contribution is -0.135. The summed E-state index contributed by atoms with van der Waals surface area (Å²) >= 11 is 0. The fourth-order valence-corrected chi connectivity index (χ4v) is 3.02. The summed E-state index contributed by atoms with van der Waals surface area (Å²) in [5.74, 6) is 0.106. The number of hydrogen-bond acceptors (Lipinski definition) is 4. The van der Waals surface area contributed by atoms with Crippen LogP contribution in [0.1, 0.15) is 39.0 Å². The number of carbonyl (C=O) groups is 2. The molecule has 2 aromatic rings. The molecule has 128 valence electrons. The van der Waals surface area contributed by atoms with Gasteiger partial charge in [0, 0.05) is 25.4 Å². The van der Waals surface area contributed by atoms with Crippen molar-refractivity contribution in [2.45, 2.75) is 45.1 Å². The maximum atomic E-state index is 12.2. The second kappa shape index (κ2) is 6.86. The Kier molecular flexibility index (Phi) is 4.64. The molecule has 0 radical (unpaired) electrons. The molecule has 8 heteroatoms. The van der Waals surface area contributed by atoms with Crippen molar-refractivity contribution >= 4 is 28.8 Å². The molecule has 3 rings (SSSR count). The largest absolute Gasteiger partial charge is 0.340 e. The van der Waals surface area contributed by atoms with Crippen LogP contribution in [0, 0.1) is 0 Å². The Morgan fingerprint density at radius 1 is 1.29 bits per heavy atom. The predicted molar refractivity (Wildman–Crippen MR) is 89.6 cm³/mol. The second-order valence-electron chi connectivity index (χ2n) is 6.15. The van der Waals surface area contributed by atoms with Crippen LogP contribution < -0.4 is 11.0 Å². The van der Waals surface area contributed by atoms with E-state index in [4.69, 9.17) is 0 Å². The number of H-pyrrole nitrogens is 2. The smallest absolute Gasteiger partial charge is 0.325 e. The number of likely N-dealkylation sites (tertiary alicyclic amines) is 1. The normalized spacial score (nSPS) is 17.9. The Hall–Kier alpha value is -2.64.